The molecule has 0 aromatic heterocycles. The zero-order valence-corrected chi connectivity index (χ0v) is 11.1. The molecule has 0 saturated heterocycles. The number of carbonyl (C=O) groups excluding carboxylic acids is 1. The molecule has 1 saturated carbocycles. The molecule has 19 heavy (non-hydrogen) atoms. The summed E-state index contributed by atoms with van der Waals surface area (Å²) in [6, 6.07) is 9.94. The Hall–Kier alpha value is -1.84. The number of hydrogen-bond acceptors (Lipinski definition) is 4. The van der Waals surface area contributed by atoms with Crippen molar-refractivity contribution in [3.8, 4) is 0 Å². The first-order chi connectivity index (χ1) is 9.26. The monoisotopic (exact) mass is 258 g/mol. The molecular weight excluding hydrogens is 240 g/mol. The van der Waals surface area contributed by atoms with E-state index in [0.717, 1.165) is 18.5 Å². The molecule has 1 aromatic carbocycles. The fourth-order valence-electron chi connectivity index (χ4n) is 2.64. The maximum atomic E-state index is 12.3. The van der Waals surface area contributed by atoms with Crippen LogP contribution in [-0.4, -0.2) is 25.3 Å². The van der Waals surface area contributed by atoms with Crippen LogP contribution in [0.25, 0.3) is 0 Å². The van der Waals surface area contributed by atoms with Gasteiger partial charge in [0.25, 0.3) is 0 Å². The molecule has 1 aromatic rings. The van der Waals surface area contributed by atoms with E-state index >= 15 is 0 Å². The van der Waals surface area contributed by atoms with E-state index in [0.29, 0.717) is 19.1 Å². The standard InChI is InChI=1S/C15H18N2O2/c1-2-19-14(18)15(12-8-9-12)10-16-17(11-15)13-6-4-3-5-7-13/h3-7,10,12H,2,8-9,11H2,1H3. The predicted octanol–water partition coefficient (Wildman–Crippen LogP) is 2.45. The van der Waals surface area contributed by atoms with Gasteiger partial charge in [0.1, 0.15) is 5.41 Å². The van der Waals surface area contributed by atoms with Crippen LogP contribution in [0.2, 0.25) is 0 Å². The van der Waals surface area contributed by atoms with Crippen molar-refractivity contribution in [3.05, 3.63) is 30.3 Å². The van der Waals surface area contributed by atoms with E-state index in [1.54, 1.807) is 6.21 Å². The molecule has 100 valence electrons. The number of esters is 1. The van der Waals surface area contributed by atoms with Crippen LogP contribution in [0, 0.1) is 11.3 Å². The third-order valence-electron chi connectivity index (χ3n) is 3.85. The number of carbonyl (C=O) groups is 1. The lowest BCUT2D eigenvalue weighted by atomic mass is 9.84. The number of nitrogens with zero attached hydrogens (tertiary/aromatic N) is 2. The molecule has 1 heterocycles. The molecule has 1 unspecified atom stereocenters. The van der Waals surface area contributed by atoms with Crippen molar-refractivity contribution in [3.63, 3.8) is 0 Å². The molecule has 4 nitrogen and oxygen atoms in total. The summed E-state index contributed by atoms with van der Waals surface area (Å²) in [5.74, 6) is 0.267. The minimum Gasteiger partial charge on any atom is -0.465 e. The molecule has 0 radical (unpaired) electrons. The molecule has 4 heteroatoms. The van der Waals surface area contributed by atoms with Crippen LogP contribution >= 0.6 is 0 Å². The number of rotatable bonds is 4. The Balaban J connectivity index is 1.82. The van der Waals surface area contributed by atoms with Gasteiger partial charge in [-0.3, -0.25) is 9.80 Å². The van der Waals surface area contributed by atoms with Crippen molar-refractivity contribution < 1.29 is 9.53 Å². The van der Waals surface area contributed by atoms with Crippen molar-refractivity contribution in [1.29, 1.82) is 0 Å². The highest BCUT2D eigenvalue weighted by Gasteiger charge is 2.54. The van der Waals surface area contributed by atoms with E-state index in [2.05, 4.69) is 5.10 Å². The highest BCUT2D eigenvalue weighted by molar-refractivity contribution is 5.98. The molecule has 1 atom stereocenters. The van der Waals surface area contributed by atoms with Crippen molar-refractivity contribution >= 4 is 17.9 Å². The molecular formula is C15H18N2O2. The summed E-state index contributed by atoms with van der Waals surface area (Å²) in [5.41, 5.74) is 0.483. The van der Waals surface area contributed by atoms with Crippen LogP contribution in [0.4, 0.5) is 5.69 Å². The van der Waals surface area contributed by atoms with E-state index in [1.807, 2.05) is 42.3 Å². The Labute approximate surface area is 113 Å². The van der Waals surface area contributed by atoms with Gasteiger partial charge in [-0.05, 0) is 37.8 Å². The third kappa shape index (κ3) is 2.11. The first-order valence-electron chi connectivity index (χ1n) is 6.81. The maximum Gasteiger partial charge on any atom is 0.319 e. The predicted molar refractivity (Wildman–Crippen MR) is 74.1 cm³/mol. The molecule has 1 aliphatic carbocycles. The van der Waals surface area contributed by atoms with Crippen LogP contribution in [0.5, 0.6) is 0 Å². The molecule has 0 bridgehead atoms. The van der Waals surface area contributed by atoms with Gasteiger partial charge >= 0.3 is 5.97 Å². The summed E-state index contributed by atoms with van der Waals surface area (Å²) in [5, 5.41) is 6.33. The molecule has 0 N–H and O–H groups in total. The Morgan fingerprint density at radius 3 is 2.79 bits per heavy atom. The van der Waals surface area contributed by atoms with Gasteiger partial charge in [-0.25, -0.2) is 0 Å². The second kappa shape index (κ2) is 4.68. The number of benzene rings is 1. The van der Waals surface area contributed by atoms with E-state index in [-0.39, 0.29) is 5.97 Å². The number of hydrazone groups is 1. The van der Waals surface area contributed by atoms with Crippen molar-refractivity contribution in [1.82, 2.24) is 0 Å². The van der Waals surface area contributed by atoms with Crippen molar-refractivity contribution in [2.24, 2.45) is 16.4 Å². The molecule has 0 spiro atoms. The van der Waals surface area contributed by atoms with Crippen LogP contribution in [-0.2, 0) is 9.53 Å². The topological polar surface area (TPSA) is 41.9 Å². The van der Waals surface area contributed by atoms with Crippen LogP contribution in [0.3, 0.4) is 0 Å². The van der Waals surface area contributed by atoms with Crippen molar-refractivity contribution in [2.75, 3.05) is 18.2 Å². The third-order valence-corrected chi connectivity index (χ3v) is 3.85. The lowest BCUT2D eigenvalue weighted by Gasteiger charge is -2.25. The Bertz CT molecular complexity index is 496. The average molecular weight is 258 g/mol. The van der Waals surface area contributed by atoms with Gasteiger partial charge in [-0.2, -0.15) is 5.10 Å². The van der Waals surface area contributed by atoms with Crippen molar-refractivity contribution in [2.45, 2.75) is 19.8 Å². The van der Waals surface area contributed by atoms with Gasteiger partial charge in [-0.1, -0.05) is 18.2 Å². The number of ether oxygens (including phenoxy) is 1. The summed E-state index contributed by atoms with van der Waals surface area (Å²) in [6.45, 7) is 2.87. The molecule has 2 aliphatic rings. The first-order valence-corrected chi connectivity index (χ1v) is 6.81. The molecule has 0 amide bonds. The fourth-order valence-corrected chi connectivity index (χ4v) is 2.64. The second-order valence-corrected chi connectivity index (χ2v) is 5.17. The summed E-state index contributed by atoms with van der Waals surface area (Å²) in [6.07, 6.45) is 3.98. The zero-order chi connectivity index (χ0) is 13.3. The normalized spacial score (nSPS) is 25.6. The van der Waals surface area contributed by atoms with Gasteiger partial charge in [-0.15, -0.1) is 0 Å². The van der Waals surface area contributed by atoms with Gasteiger partial charge in [0, 0.05) is 6.21 Å². The van der Waals surface area contributed by atoms with E-state index < -0.39 is 5.41 Å². The number of anilines is 1. The lowest BCUT2D eigenvalue weighted by molar-refractivity contribution is -0.151. The first kappa shape index (κ1) is 12.2. The number of hydrogen-bond donors (Lipinski definition) is 0. The SMILES string of the molecule is CCOC(=O)C1(C2CC2)C=NN(c2ccccc2)C1. The van der Waals surface area contributed by atoms with E-state index in [1.165, 1.54) is 0 Å². The van der Waals surface area contributed by atoms with E-state index in [4.69, 9.17) is 4.74 Å². The molecule has 3 rings (SSSR count). The Kier molecular flexibility index (Phi) is 3.01. The lowest BCUT2D eigenvalue weighted by Crippen LogP contribution is -2.41. The largest absolute Gasteiger partial charge is 0.465 e. The Morgan fingerprint density at radius 2 is 2.16 bits per heavy atom. The quantitative estimate of drug-likeness (QED) is 0.779. The molecule has 1 aliphatic heterocycles. The van der Waals surface area contributed by atoms with E-state index in [9.17, 15) is 4.79 Å². The molecule has 1 fully saturated rings. The zero-order valence-electron chi connectivity index (χ0n) is 11.1. The van der Waals surface area contributed by atoms with Gasteiger partial charge in [0.2, 0.25) is 0 Å². The highest BCUT2D eigenvalue weighted by atomic mass is 16.5. The van der Waals surface area contributed by atoms with Gasteiger partial charge in [0.05, 0.1) is 18.8 Å². The Morgan fingerprint density at radius 1 is 1.42 bits per heavy atom. The van der Waals surface area contributed by atoms with Crippen LogP contribution in [0.1, 0.15) is 19.8 Å². The fraction of sp³-hybridized carbons (Fsp3) is 0.467. The smallest absolute Gasteiger partial charge is 0.319 e. The minimum absolute atomic E-state index is 0.125. The summed E-state index contributed by atoms with van der Waals surface area (Å²) in [7, 11) is 0. The highest BCUT2D eigenvalue weighted by Crippen LogP contribution is 2.48. The summed E-state index contributed by atoms with van der Waals surface area (Å²) < 4.78 is 5.26. The number of para-hydroxylation sites is 1. The minimum atomic E-state index is -0.536. The van der Waals surface area contributed by atoms with Crippen LogP contribution in [0.15, 0.2) is 35.4 Å². The van der Waals surface area contributed by atoms with Gasteiger partial charge < -0.3 is 4.74 Å². The summed E-state index contributed by atoms with van der Waals surface area (Å²) >= 11 is 0. The average Bonchev–Trinajstić information content (AvgIpc) is 3.20. The summed E-state index contributed by atoms with van der Waals surface area (Å²) in [4.78, 5) is 12.3. The maximum absolute atomic E-state index is 12.3. The van der Waals surface area contributed by atoms with Gasteiger partial charge in [0.15, 0.2) is 0 Å². The second-order valence-electron chi connectivity index (χ2n) is 5.17. The van der Waals surface area contributed by atoms with Crippen LogP contribution < -0.4 is 5.01 Å².